The maximum Gasteiger partial charge on any atom is 0.405 e. The molecule has 11 heteroatoms. The molecule has 118 valence electrons. The van der Waals surface area contributed by atoms with Crippen molar-refractivity contribution in [1.29, 1.82) is 0 Å². The van der Waals surface area contributed by atoms with Gasteiger partial charge in [-0.15, -0.1) is 0 Å². The van der Waals surface area contributed by atoms with Gasteiger partial charge in [-0.25, -0.2) is 9.97 Å². The van der Waals surface area contributed by atoms with Crippen LogP contribution in [0.1, 0.15) is 6.92 Å². The molecule has 1 heterocycles. The Bertz CT molecular complexity index is 497. The van der Waals surface area contributed by atoms with Crippen molar-refractivity contribution >= 4 is 17.3 Å². The summed E-state index contributed by atoms with van der Waals surface area (Å²) in [5.41, 5.74) is -0.656. The van der Waals surface area contributed by atoms with Crippen molar-refractivity contribution in [2.45, 2.75) is 13.1 Å². The van der Waals surface area contributed by atoms with Crippen LogP contribution in [-0.4, -0.2) is 52.4 Å². The molecule has 0 spiro atoms. The number of aromatic nitrogens is 2. The van der Waals surface area contributed by atoms with Gasteiger partial charge in [-0.1, -0.05) is 0 Å². The fourth-order valence-electron chi connectivity index (χ4n) is 1.66. The van der Waals surface area contributed by atoms with Gasteiger partial charge >= 0.3 is 11.9 Å². The van der Waals surface area contributed by atoms with Gasteiger partial charge in [0.15, 0.2) is 0 Å². The van der Waals surface area contributed by atoms with Crippen LogP contribution in [0, 0.1) is 10.1 Å². The highest BCUT2D eigenvalue weighted by atomic mass is 19.4. The second-order valence-corrected chi connectivity index (χ2v) is 3.94. The van der Waals surface area contributed by atoms with Gasteiger partial charge in [0.1, 0.15) is 12.9 Å². The lowest BCUT2D eigenvalue weighted by molar-refractivity contribution is -0.383. The maximum atomic E-state index is 12.5. The third-order valence-electron chi connectivity index (χ3n) is 2.37. The summed E-state index contributed by atoms with van der Waals surface area (Å²) >= 11 is 0. The SMILES string of the molecule is CCNc1ncnc(N(CCO)CC(F)(F)F)c1[N+](=O)[O-]. The first kappa shape index (κ1) is 16.9. The fraction of sp³-hybridized carbons (Fsp3) is 0.600. The van der Waals surface area contributed by atoms with Crippen LogP contribution >= 0.6 is 0 Å². The Morgan fingerprint density at radius 3 is 2.62 bits per heavy atom. The molecule has 0 aliphatic rings. The summed E-state index contributed by atoms with van der Waals surface area (Å²) in [6.45, 7) is -0.545. The molecule has 0 atom stereocenters. The highest BCUT2D eigenvalue weighted by molar-refractivity contribution is 5.70. The summed E-state index contributed by atoms with van der Waals surface area (Å²) in [4.78, 5) is 18.1. The molecule has 0 amide bonds. The van der Waals surface area contributed by atoms with Crippen LogP contribution in [0.15, 0.2) is 6.33 Å². The first-order valence-corrected chi connectivity index (χ1v) is 5.96. The Kier molecular flexibility index (Phi) is 5.64. The molecule has 0 unspecified atom stereocenters. The van der Waals surface area contributed by atoms with E-state index in [-0.39, 0.29) is 5.82 Å². The highest BCUT2D eigenvalue weighted by Gasteiger charge is 2.35. The number of alkyl halides is 3. The minimum Gasteiger partial charge on any atom is -0.395 e. The summed E-state index contributed by atoms with van der Waals surface area (Å²) in [5, 5.41) is 22.6. The van der Waals surface area contributed by atoms with Gasteiger partial charge in [0.05, 0.1) is 11.5 Å². The smallest absolute Gasteiger partial charge is 0.395 e. The molecule has 0 saturated heterocycles. The summed E-state index contributed by atoms with van der Waals surface area (Å²) in [5.74, 6) is -0.657. The molecule has 1 aromatic heterocycles. The minimum atomic E-state index is -4.59. The largest absolute Gasteiger partial charge is 0.405 e. The molecule has 0 aliphatic carbocycles. The Hall–Kier alpha value is -2.17. The van der Waals surface area contributed by atoms with Crippen LogP contribution in [0.4, 0.5) is 30.5 Å². The molecule has 2 N–H and O–H groups in total. The van der Waals surface area contributed by atoms with Crippen molar-refractivity contribution < 1.29 is 23.2 Å². The van der Waals surface area contributed by atoms with Crippen molar-refractivity contribution in [3.8, 4) is 0 Å². The third kappa shape index (κ3) is 4.70. The Balaban J connectivity index is 3.29. The van der Waals surface area contributed by atoms with Gasteiger partial charge in [0.25, 0.3) is 0 Å². The van der Waals surface area contributed by atoms with Gasteiger partial charge in [0, 0.05) is 13.1 Å². The third-order valence-corrected chi connectivity index (χ3v) is 2.37. The standard InChI is InChI=1S/C10H14F3N5O3/c1-2-14-8-7(18(20)21)9(16-6-15-8)17(3-4-19)5-10(11,12)13/h6,19H,2-5H2,1H3,(H,14,15,16). The average molecular weight is 309 g/mol. The zero-order valence-corrected chi connectivity index (χ0v) is 11.1. The summed E-state index contributed by atoms with van der Waals surface area (Å²) in [6, 6.07) is 0. The predicted octanol–water partition coefficient (Wildman–Crippen LogP) is 1.18. The van der Waals surface area contributed by atoms with Crippen molar-refractivity contribution in [2.75, 3.05) is 36.5 Å². The van der Waals surface area contributed by atoms with Gasteiger partial charge in [-0.05, 0) is 6.92 Å². The molecule has 0 fully saturated rings. The van der Waals surface area contributed by atoms with Crippen molar-refractivity contribution in [3.05, 3.63) is 16.4 Å². The number of nitrogens with zero attached hydrogens (tertiary/aromatic N) is 4. The van der Waals surface area contributed by atoms with Crippen molar-refractivity contribution in [1.82, 2.24) is 9.97 Å². The highest BCUT2D eigenvalue weighted by Crippen LogP contribution is 2.33. The molecule has 1 aromatic rings. The number of aliphatic hydroxyl groups is 1. The first-order chi connectivity index (χ1) is 9.80. The first-order valence-electron chi connectivity index (χ1n) is 5.96. The molecule has 8 nitrogen and oxygen atoms in total. The monoisotopic (exact) mass is 309 g/mol. The van der Waals surface area contributed by atoms with Crippen LogP contribution < -0.4 is 10.2 Å². The molecule has 0 radical (unpaired) electrons. The second-order valence-electron chi connectivity index (χ2n) is 3.94. The van der Waals surface area contributed by atoms with Crippen LogP contribution in [-0.2, 0) is 0 Å². The number of halogens is 3. The summed E-state index contributed by atoms with van der Waals surface area (Å²) in [7, 11) is 0. The minimum absolute atomic E-state index is 0.169. The predicted molar refractivity (Wildman–Crippen MR) is 68.2 cm³/mol. The van der Waals surface area contributed by atoms with Crippen LogP contribution in [0.25, 0.3) is 0 Å². The van der Waals surface area contributed by atoms with E-state index in [9.17, 15) is 23.3 Å². The van der Waals surface area contributed by atoms with Crippen molar-refractivity contribution in [3.63, 3.8) is 0 Å². The van der Waals surface area contributed by atoms with E-state index < -0.39 is 42.3 Å². The number of nitrogens with one attached hydrogen (secondary N) is 1. The van der Waals surface area contributed by atoms with Gasteiger partial charge in [-0.3, -0.25) is 10.1 Å². The van der Waals surface area contributed by atoms with E-state index in [2.05, 4.69) is 15.3 Å². The molecule has 0 bridgehead atoms. The molecular formula is C10H14F3N5O3. The van der Waals surface area contributed by atoms with Crippen LogP contribution in [0.3, 0.4) is 0 Å². The number of nitro groups is 1. The van der Waals surface area contributed by atoms with Crippen molar-refractivity contribution in [2.24, 2.45) is 0 Å². The van der Waals surface area contributed by atoms with E-state index in [1.54, 1.807) is 6.92 Å². The van der Waals surface area contributed by atoms with E-state index in [1.165, 1.54) is 0 Å². The average Bonchev–Trinajstić information content (AvgIpc) is 2.36. The fourth-order valence-corrected chi connectivity index (χ4v) is 1.66. The van der Waals surface area contributed by atoms with E-state index >= 15 is 0 Å². The van der Waals surface area contributed by atoms with Crippen LogP contribution in [0.2, 0.25) is 0 Å². The maximum absolute atomic E-state index is 12.5. The Morgan fingerprint density at radius 1 is 1.48 bits per heavy atom. The molecule has 0 saturated carbocycles. The zero-order chi connectivity index (χ0) is 16.0. The molecule has 0 aromatic carbocycles. The van der Waals surface area contributed by atoms with Crippen LogP contribution in [0.5, 0.6) is 0 Å². The van der Waals surface area contributed by atoms with Gasteiger partial charge in [-0.2, -0.15) is 13.2 Å². The number of hydrogen-bond donors (Lipinski definition) is 2. The van der Waals surface area contributed by atoms with E-state index in [4.69, 9.17) is 5.11 Å². The molecule has 21 heavy (non-hydrogen) atoms. The van der Waals surface area contributed by atoms with Gasteiger partial charge in [0.2, 0.25) is 11.6 Å². The van der Waals surface area contributed by atoms with E-state index in [1.807, 2.05) is 0 Å². The molecule has 0 aliphatic heterocycles. The lowest BCUT2D eigenvalue weighted by Crippen LogP contribution is -2.37. The second kappa shape index (κ2) is 7.02. The number of rotatable bonds is 7. The number of aliphatic hydroxyl groups excluding tert-OH is 1. The molecule has 1 rings (SSSR count). The summed E-state index contributed by atoms with van der Waals surface area (Å²) in [6.07, 6.45) is -3.66. The normalized spacial score (nSPS) is 11.3. The van der Waals surface area contributed by atoms with E-state index in [0.717, 1.165) is 6.33 Å². The molecular weight excluding hydrogens is 295 g/mol. The number of hydrogen-bond acceptors (Lipinski definition) is 7. The Morgan fingerprint density at radius 2 is 2.14 bits per heavy atom. The lowest BCUT2D eigenvalue weighted by atomic mass is 10.3. The number of anilines is 2. The Labute approximate surface area is 117 Å². The van der Waals surface area contributed by atoms with Gasteiger partial charge < -0.3 is 15.3 Å². The quantitative estimate of drug-likeness (QED) is 0.575. The van der Waals surface area contributed by atoms with E-state index in [0.29, 0.717) is 11.4 Å². The topological polar surface area (TPSA) is 104 Å². The lowest BCUT2D eigenvalue weighted by Gasteiger charge is -2.23. The summed E-state index contributed by atoms with van der Waals surface area (Å²) < 4.78 is 37.6. The zero-order valence-electron chi connectivity index (χ0n) is 11.1.